The van der Waals surface area contributed by atoms with E-state index in [1.807, 2.05) is 37.1 Å². The number of likely N-dealkylation sites (tertiary alicyclic amines) is 1. The summed E-state index contributed by atoms with van der Waals surface area (Å²) in [5.41, 5.74) is 3.26. The van der Waals surface area contributed by atoms with Crippen molar-refractivity contribution < 1.29 is 14.3 Å². The number of carbonyl (C=O) groups is 2. The molecule has 0 spiro atoms. The van der Waals surface area contributed by atoms with Crippen molar-refractivity contribution >= 4 is 22.8 Å². The van der Waals surface area contributed by atoms with E-state index in [9.17, 15) is 9.59 Å². The molecular formula is C25H30N4O3. The number of rotatable bonds is 5. The fourth-order valence-corrected chi connectivity index (χ4v) is 4.52. The molecule has 3 aromatic rings. The van der Waals surface area contributed by atoms with Crippen LogP contribution in [0.15, 0.2) is 42.6 Å². The minimum absolute atomic E-state index is 0.0612. The molecule has 168 valence electrons. The molecule has 7 nitrogen and oxygen atoms in total. The van der Waals surface area contributed by atoms with E-state index in [0.717, 1.165) is 29.9 Å². The van der Waals surface area contributed by atoms with Crippen LogP contribution in [0.1, 0.15) is 44.1 Å². The molecule has 2 unspecified atom stereocenters. The highest BCUT2D eigenvalue weighted by Gasteiger charge is 2.37. The Balaban J connectivity index is 1.62. The lowest BCUT2D eigenvalue weighted by molar-refractivity contribution is -0.135. The molecule has 1 aromatic heterocycles. The zero-order valence-corrected chi connectivity index (χ0v) is 19.0. The Morgan fingerprint density at radius 1 is 1.19 bits per heavy atom. The summed E-state index contributed by atoms with van der Waals surface area (Å²) in [5, 5.41) is 5.07. The van der Waals surface area contributed by atoms with Gasteiger partial charge in [0, 0.05) is 12.1 Å². The van der Waals surface area contributed by atoms with Gasteiger partial charge in [0.15, 0.2) is 0 Å². The highest BCUT2D eigenvalue weighted by molar-refractivity contribution is 5.97. The number of nitrogens with zero attached hydrogens (tertiary/aromatic N) is 2. The molecular weight excluding hydrogens is 404 g/mol. The molecule has 7 heteroatoms. The van der Waals surface area contributed by atoms with Gasteiger partial charge in [-0.1, -0.05) is 50.2 Å². The second-order valence-corrected chi connectivity index (χ2v) is 8.70. The van der Waals surface area contributed by atoms with Crippen LogP contribution in [0.4, 0.5) is 4.79 Å². The maximum atomic E-state index is 13.3. The first-order valence-corrected chi connectivity index (χ1v) is 11.1. The van der Waals surface area contributed by atoms with E-state index in [1.165, 1.54) is 23.4 Å². The Morgan fingerprint density at radius 2 is 1.94 bits per heavy atom. The number of carbonyl (C=O) groups excluding carboxylic acids is 2. The molecule has 1 aliphatic rings. The van der Waals surface area contributed by atoms with Crippen molar-refractivity contribution in [2.75, 3.05) is 13.7 Å². The quantitative estimate of drug-likeness (QED) is 0.615. The van der Waals surface area contributed by atoms with Crippen molar-refractivity contribution in [3.05, 3.63) is 54.0 Å². The molecule has 2 atom stereocenters. The van der Waals surface area contributed by atoms with Crippen LogP contribution < -0.4 is 5.32 Å². The van der Waals surface area contributed by atoms with Crippen molar-refractivity contribution in [3.8, 4) is 11.3 Å². The Morgan fingerprint density at radius 3 is 2.66 bits per heavy atom. The Bertz CT molecular complexity index is 1140. The van der Waals surface area contributed by atoms with Crippen molar-refractivity contribution in [1.29, 1.82) is 0 Å². The summed E-state index contributed by atoms with van der Waals surface area (Å²) < 4.78 is 4.71. The van der Waals surface area contributed by atoms with Crippen LogP contribution in [0.25, 0.3) is 22.0 Å². The number of alkyl carbamates (subject to hydrolysis) is 1. The zero-order valence-electron chi connectivity index (χ0n) is 19.0. The molecule has 0 saturated carbocycles. The number of ether oxygens (including phenoxy) is 1. The normalized spacial score (nSPS) is 17.0. The SMILES string of the molecule is COC(=O)NC(C(=O)N1CCCC1c1ncc(-c2ccc(C)c3ccccc23)[nH]1)C(C)C. The summed E-state index contributed by atoms with van der Waals surface area (Å²) in [5.74, 6) is 0.608. The van der Waals surface area contributed by atoms with E-state index in [0.29, 0.717) is 6.54 Å². The average Bonchev–Trinajstić information content (AvgIpc) is 3.46. The molecule has 1 aliphatic heterocycles. The van der Waals surface area contributed by atoms with E-state index in [2.05, 4.69) is 46.5 Å². The Hall–Kier alpha value is -3.35. The van der Waals surface area contributed by atoms with Crippen LogP contribution in [-0.2, 0) is 9.53 Å². The van der Waals surface area contributed by atoms with Crippen LogP contribution >= 0.6 is 0 Å². The van der Waals surface area contributed by atoms with Gasteiger partial charge >= 0.3 is 6.09 Å². The molecule has 2 aromatic carbocycles. The van der Waals surface area contributed by atoms with Crippen LogP contribution in [0.2, 0.25) is 0 Å². The second-order valence-electron chi connectivity index (χ2n) is 8.70. The standard InChI is InChI=1S/C25H30N4O3/c1-15(2)22(28-25(31)32-4)24(30)29-13-7-10-21(29)23-26-14-20(27-23)19-12-11-16(3)17-8-5-6-9-18(17)19/h5-6,8-9,11-12,14-15,21-22H,7,10,13H2,1-4H3,(H,26,27)(H,28,31). The minimum atomic E-state index is -0.640. The number of aromatic amines is 1. The number of imidazole rings is 1. The monoisotopic (exact) mass is 434 g/mol. The number of amides is 2. The van der Waals surface area contributed by atoms with Crippen molar-refractivity contribution in [2.45, 2.75) is 45.7 Å². The topological polar surface area (TPSA) is 87.3 Å². The summed E-state index contributed by atoms with van der Waals surface area (Å²) in [4.78, 5) is 35.0. The number of nitrogens with one attached hydrogen (secondary N) is 2. The maximum absolute atomic E-state index is 13.3. The minimum Gasteiger partial charge on any atom is -0.453 e. The predicted octanol–water partition coefficient (Wildman–Crippen LogP) is 4.58. The highest BCUT2D eigenvalue weighted by Crippen LogP contribution is 2.34. The van der Waals surface area contributed by atoms with Gasteiger partial charge in [0.25, 0.3) is 0 Å². The lowest BCUT2D eigenvalue weighted by atomic mass is 9.99. The lowest BCUT2D eigenvalue weighted by Crippen LogP contribution is -2.51. The maximum Gasteiger partial charge on any atom is 0.407 e. The van der Waals surface area contributed by atoms with Gasteiger partial charge in [0.2, 0.25) is 5.91 Å². The largest absolute Gasteiger partial charge is 0.453 e. The second kappa shape index (κ2) is 9.02. The van der Waals surface area contributed by atoms with E-state index in [1.54, 1.807) is 0 Å². The summed E-state index contributed by atoms with van der Waals surface area (Å²) in [6.45, 7) is 6.58. The van der Waals surface area contributed by atoms with Crippen molar-refractivity contribution in [2.24, 2.45) is 5.92 Å². The molecule has 2 heterocycles. The summed E-state index contributed by atoms with van der Waals surface area (Å²) in [6, 6.07) is 11.8. The van der Waals surface area contributed by atoms with Crippen molar-refractivity contribution in [3.63, 3.8) is 0 Å². The van der Waals surface area contributed by atoms with E-state index in [-0.39, 0.29) is 17.9 Å². The molecule has 2 amide bonds. The molecule has 32 heavy (non-hydrogen) atoms. The number of fused-ring (bicyclic) bond motifs is 1. The number of methoxy groups -OCH3 is 1. The Labute approximate surface area is 188 Å². The Kier molecular flexibility index (Phi) is 6.17. The van der Waals surface area contributed by atoms with Crippen molar-refractivity contribution in [1.82, 2.24) is 20.2 Å². The number of H-pyrrole nitrogens is 1. The van der Waals surface area contributed by atoms with Crippen LogP contribution in [0, 0.1) is 12.8 Å². The van der Waals surface area contributed by atoms with Gasteiger partial charge in [-0.25, -0.2) is 9.78 Å². The van der Waals surface area contributed by atoms with Gasteiger partial charge < -0.3 is 19.9 Å². The first-order valence-electron chi connectivity index (χ1n) is 11.1. The van der Waals surface area contributed by atoms with E-state index >= 15 is 0 Å². The fraction of sp³-hybridized carbons (Fsp3) is 0.400. The smallest absolute Gasteiger partial charge is 0.407 e. The van der Waals surface area contributed by atoms with E-state index in [4.69, 9.17) is 4.74 Å². The molecule has 0 bridgehead atoms. The predicted molar refractivity (Wildman–Crippen MR) is 124 cm³/mol. The molecule has 1 fully saturated rings. The number of aryl methyl sites for hydroxylation is 1. The number of benzene rings is 2. The van der Waals surface area contributed by atoms with Gasteiger partial charge in [-0.05, 0) is 42.0 Å². The van der Waals surface area contributed by atoms with Crippen LogP contribution in [0.3, 0.4) is 0 Å². The molecule has 0 radical (unpaired) electrons. The fourth-order valence-electron chi connectivity index (χ4n) is 4.52. The zero-order chi connectivity index (χ0) is 22.8. The third kappa shape index (κ3) is 4.07. The molecule has 1 saturated heterocycles. The number of hydrogen-bond acceptors (Lipinski definition) is 4. The first-order chi connectivity index (χ1) is 15.4. The van der Waals surface area contributed by atoms with E-state index < -0.39 is 12.1 Å². The summed E-state index contributed by atoms with van der Waals surface area (Å²) in [6.07, 6.45) is 2.97. The first kappa shape index (κ1) is 21.9. The van der Waals surface area contributed by atoms with Gasteiger partial charge in [-0.15, -0.1) is 0 Å². The number of aromatic nitrogens is 2. The third-order valence-electron chi connectivity index (χ3n) is 6.27. The van der Waals surface area contributed by atoms with Crippen LogP contribution in [0.5, 0.6) is 0 Å². The van der Waals surface area contributed by atoms with Crippen LogP contribution in [-0.4, -0.2) is 46.6 Å². The average molecular weight is 435 g/mol. The molecule has 4 rings (SSSR count). The summed E-state index contributed by atoms with van der Waals surface area (Å²) in [7, 11) is 1.30. The van der Waals surface area contributed by atoms with Gasteiger partial charge in [0.1, 0.15) is 11.9 Å². The number of hydrogen-bond donors (Lipinski definition) is 2. The third-order valence-corrected chi connectivity index (χ3v) is 6.27. The lowest BCUT2D eigenvalue weighted by Gasteiger charge is -2.30. The highest BCUT2D eigenvalue weighted by atomic mass is 16.5. The summed E-state index contributed by atoms with van der Waals surface area (Å²) >= 11 is 0. The van der Waals surface area contributed by atoms with Gasteiger partial charge in [-0.2, -0.15) is 0 Å². The van der Waals surface area contributed by atoms with Gasteiger partial charge in [-0.3, -0.25) is 4.79 Å². The molecule has 0 aliphatic carbocycles. The van der Waals surface area contributed by atoms with Gasteiger partial charge in [0.05, 0.1) is 25.0 Å². The molecule has 2 N–H and O–H groups in total.